The van der Waals surface area contributed by atoms with Gasteiger partial charge in [0.15, 0.2) is 5.65 Å². The zero-order valence-corrected chi connectivity index (χ0v) is 15.6. The summed E-state index contributed by atoms with van der Waals surface area (Å²) in [7, 11) is 1.58. The molecular formula is C18H23F3N4O2. The van der Waals surface area contributed by atoms with Crippen molar-refractivity contribution in [1.29, 1.82) is 0 Å². The van der Waals surface area contributed by atoms with Crippen molar-refractivity contribution >= 4 is 23.0 Å². The first kappa shape index (κ1) is 19.6. The number of carbonyl (C=O) groups is 1. The van der Waals surface area contributed by atoms with Gasteiger partial charge in [0.1, 0.15) is 11.2 Å². The number of methoxy groups -OCH3 is 1. The van der Waals surface area contributed by atoms with Crippen LogP contribution in [0.15, 0.2) is 12.1 Å². The molecule has 1 saturated carbocycles. The van der Waals surface area contributed by atoms with Crippen molar-refractivity contribution < 1.29 is 22.7 Å². The van der Waals surface area contributed by atoms with Crippen molar-refractivity contribution in [2.45, 2.75) is 63.8 Å². The molecule has 1 aliphatic rings. The molecule has 148 valence electrons. The number of hydrogen-bond acceptors (Lipinski definition) is 4. The van der Waals surface area contributed by atoms with Crippen molar-refractivity contribution in [1.82, 2.24) is 14.5 Å². The number of nitrogens with one attached hydrogen (secondary N) is 1. The second-order valence-corrected chi connectivity index (χ2v) is 7.44. The molecule has 0 aromatic carbocycles. The molecule has 0 unspecified atom stereocenters. The summed E-state index contributed by atoms with van der Waals surface area (Å²) in [5.74, 6) is -0.00574. The molecule has 0 aliphatic heterocycles. The summed E-state index contributed by atoms with van der Waals surface area (Å²) < 4.78 is 46.0. The smallest absolute Gasteiger partial charge is 0.379 e. The summed E-state index contributed by atoms with van der Waals surface area (Å²) in [4.78, 5) is 20.4. The zero-order chi connectivity index (χ0) is 19.8. The Labute approximate surface area is 155 Å². The summed E-state index contributed by atoms with van der Waals surface area (Å²) in [6, 6.07) is 2.20. The van der Waals surface area contributed by atoms with Crippen LogP contribution in [-0.4, -0.2) is 33.2 Å². The van der Waals surface area contributed by atoms with Crippen LogP contribution in [0.2, 0.25) is 0 Å². The molecule has 1 aliphatic carbocycles. The van der Waals surface area contributed by atoms with Crippen molar-refractivity contribution in [3.8, 4) is 0 Å². The minimum atomic E-state index is -4.53. The average Bonchev–Trinajstić information content (AvgIpc) is 2.88. The number of aromatic nitrogens is 3. The number of amides is 1. The topological polar surface area (TPSA) is 69.0 Å². The zero-order valence-electron chi connectivity index (χ0n) is 15.6. The maximum atomic E-state index is 13.0. The van der Waals surface area contributed by atoms with E-state index in [1.807, 2.05) is 13.8 Å². The van der Waals surface area contributed by atoms with Gasteiger partial charge in [-0.25, -0.2) is 9.97 Å². The van der Waals surface area contributed by atoms with Gasteiger partial charge in [-0.3, -0.25) is 14.7 Å². The number of carbonyl (C=O) groups excluding carboxylic acids is 1. The van der Waals surface area contributed by atoms with E-state index in [0.29, 0.717) is 11.9 Å². The quantitative estimate of drug-likeness (QED) is 0.805. The Morgan fingerprint density at radius 2 is 2.00 bits per heavy atom. The lowest BCUT2D eigenvalue weighted by molar-refractivity contribution is -0.141. The van der Waals surface area contributed by atoms with Gasteiger partial charge in [-0.15, -0.1) is 0 Å². The number of imidazole rings is 1. The van der Waals surface area contributed by atoms with Crippen LogP contribution >= 0.6 is 0 Å². The van der Waals surface area contributed by atoms with Gasteiger partial charge < -0.3 is 4.74 Å². The molecule has 0 atom stereocenters. The van der Waals surface area contributed by atoms with Gasteiger partial charge in [0.2, 0.25) is 11.9 Å². The van der Waals surface area contributed by atoms with Crippen LogP contribution in [0, 0.1) is 0 Å². The van der Waals surface area contributed by atoms with Gasteiger partial charge in [-0.1, -0.05) is 0 Å². The third-order valence-electron chi connectivity index (χ3n) is 5.03. The molecule has 2 aromatic rings. The van der Waals surface area contributed by atoms with Gasteiger partial charge in [0.05, 0.1) is 5.60 Å². The molecule has 2 heterocycles. The standard InChI is InChI=1S/C18H23F3N4O2/c1-17(2,27-3)10-9-14(26)24-16-22-12-7-8-13(18(19,20)21)23-15(12)25(16)11-5-4-6-11/h7-8,11H,4-6,9-10H2,1-3H3,(H,22,24,26). The van der Waals surface area contributed by atoms with Crippen LogP contribution in [0.3, 0.4) is 0 Å². The van der Waals surface area contributed by atoms with Crippen LogP contribution in [0.25, 0.3) is 11.2 Å². The number of fused-ring (bicyclic) bond motifs is 1. The molecule has 0 bridgehead atoms. The Morgan fingerprint density at radius 1 is 1.30 bits per heavy atom. The summed E-state index contributed by atoms with van der Waals surface area (Å²) in [5.41, 5.74) is -0.908. The first-order chi connectivity index (χ1) is 12.6. The molecule has 0 radical (unpaired) electrons. The Bertz CT molecular complexity index is 841. The molecule has 2 aromatic heterocycles. The van der Waals surface area contributed by atoms with Crippen molar-refractivity contribution in [2.24, 2.45) is 0 Å². The normalized spacial score (nSPS) is 15.8. The van der Waals surface area contributed by atoms with E-state index in [1.54, 1.807) is 11.7 Å². The Balaban J connectivity index is 1.89. The second kappa shape index (κ2) is 7.10. The monoisotopic (exact) mass is 384 g/mol. The van der Waals surface area contributed by atoms with E-state index in [0.717, 1.165) is 25.3 Å². The molecular weight excluding hydrogens is 361 g/mol. The number of nitrogens with zero attached hydrogens (tertiary/aromatic N) is 3. The fourth-order valence-corrected chi connectivity index (χ4v) is 2.91. The van der Waals surface area contributed by atoms with Gasteiger partial charge in [-0.05, 0) is 51.7 Å². The largest absolute Gasteiger partial charge is 0.433 e. The SMILES string of the molecule is COC(C)(C)CCC(=O)Nc1nc2ccc(C(F)(F)F)nc2n1C1CCC1. The van der Waals surface area contributed by atoms with Crippen LogP contribution in [0.4, 0.5) is 19.1 Å². The highest BCUT2D eigenvalue weighted by atomic mass is 19.4. The molecule has 1 N–H and O–H groups in total. The molecule has 9 heteroatoms. The third kappa shape index (κ3) is 4.23. The van der Waals surface area contributed by atoms with Crippen LogP contribution in [0.1, 0.15) is 57.7 Å². The molecule has 0 spiro atoms. The van der Waals surface area contributed by atoms with Crippen molar-refractivity contribution in [3.05, 3.63) is 17.8 Å². The third-order valence-corrected chi connectivity index (χ3v) is 5.03. The number of alkyl halides is 3. The van der Waals surface area contributed by atoms with Gasteiger partial charge in [0.25, 0.3) is 0 Å². The van der Waals surface area contributed by atoms with E-state index < -0.39 is 17.5 Å². The highest BCUT2D eigenvalue weighted by Gasteiger charge is 2.34. The molecule has 0 saturated heterocycles. The van der Waals surface area contributed by atoms with E-state index in [2.05, 4.69) is 15.3 Å². The molecule has 27 heavy (non-hydrogen) atoms. The maximum absolute atomic E-state index is 13.0. The Hall–Kier alpha value is -2.16. The van der Waals surface area contributed by atoms with Crippen LogP contribution < -0.4 is 5.32 Å². The lowest BCUT2D eigenvalue weighted by atomic mass is 9.93. The number of pyridine rings is 1. The average molecular weight is 384 g/mol. The molecule has 6 nitrogen and oxygen atoms in total. The fourth-order valence-electron chi connectivity index (χ4n) is 2.91. The highest BCUT2D eigenvalue weighted by molar-refractivity contribution is 5.91. The summed E-state index contributed by atoms with van der Waals surface area (Å²) >= 11 is 0. The van der Waals surface area contributed by atoms with E-state index in [4.69, 9.17) is 4.74 Å². The summed E-state index contributed by atoms with van der Waals surface area (Å²) in [6.45, 7) is 3.76. The predicted molar refractivity (Wildman–Crippen MR) is 94.4 cm³/mol. The van der Waals surface area contributed by atoms with Crippen molar-refractivity contribution in [3.63, 3.8) is 0 Å². The fraction of sp³-hybridized carbons (Fsp3) is 0.611. The Morgan fingerprint density at radius 3 is 2.56 bits per heavy atom. The molecule has 1 fully saturated rings. The summed E-state index contributed by atoms with van der Waals surface area (Å²) in [6.07, 6.45) is -1.17. The Kier molecular flexibility index (Phi) is 5.16. The molecule has 1 amide bonds. The van der Waals surface area contributed by atoms with Crippen LogP contribution in [-0.2, 0) is 15.7 Å². The lowest BCUT2D eigenvalue weighted by Gasteiger charge is -2.28. The predicted octanol–water partition coefficient (Wildman–Crippen LogP) is 4.32. The van der Waals surface area contributed by atoms with Gasteiger partial charge >= 0.3 is 6.18 Å². The van der Waals surface area contributed by atoms with E-state index >= 15 is 0 Å². The highest BCUT2D eigenvalue weighted by Crippen LogP contribution is 2.38. The van der Waals surface area contributed by atoms with Gasteiger partial charge in [-0.2, -0.15) is 13.2 Å². The first-order valence-electron chi connectivity index (χ1n) is 8.92. The maximum Gasteiger partial charge on any atom is 0.433 e. The second-order valence-electron chi connectivity index (χ2n) is 7.44. The minimum Gasteiger partial charge on any atom is -0.379 e. The number of rotatable bonds is 6. The lowest BCUT2D eigenvalue weighted by Crippen LogP contribution is -2.26. The number of anilines is 1. The van der Waals surface area contributed by atoms with E-state index in [-0.39, 0.29) is 30.0 Å². The van der Waals surface area contributed by atoms with Gasteiger partial charge in [0, 0.05) is 19.6 Å². The van der Waals surface area contributed by atoms with Crippen molar-refractivity contribution in [2.75, 3.05) is 12.4 Å². The number of halogens is 3. The minimum absolute atomic E-state index is 0.00306. The number of ether oxygens (including phenoxy) is 1. The number of hydrogen-bond donors (Lipinski definition) is 1. The van der Waals surface area contributed by atoms with E-state index in [1.165, 1.54) is 6.07 Å². The van der Waals surface area contributed by atoms with Crippen LogP contribution in [0.5, 0.6) is 0 Å². The molecule has 3 rings (SSSR count). The first-order valence-corrected chi connectivity index (χ1v) is 8.92. The summed E-state index contributed by atoms with van der Waals surface area (Å²) in [5, 5.41) is 2.74. The van der Waals surface area contributed by atoms with E-state index in [9.17, 15) is 18.0 Å².